The zero-order valence-corrected chi connectivity index (χ0v) is 18.4. The number of nitrogens with one attached hydrogen (secondary N) is 2. The van der Waals surface area contributed by atoms with Crippen LogP contribution in [-0.4, -0.2) is 27.7 Å². The molecule has 0 bridgehead atoms. The van der Waals surface area contributed by atoms with Crippen LogP contribution < -0.4 is 19.5 Å². The largest absolute Gasteiger partial charge is 0.454 e. The average Bonchev–Trinajstić information content (AvgIpc) is 3.27. The lowest BCUT2D eigenvalue weighted by atomic mass is 10.1. The van der Waals surface area contributed by atoms with Crippen LogP contribution in [0.15, 0.2) is 71.6 Å². The molecule has 0 unspecified atom stereocenters. The van der Waals surface area contributed by atoms with Gasteiger partial charge in [0.2, 0.25) is 16.8 Å². The summed E-state index contributed by atoms with van der Waals surface area (Å²) >= 11 is 0. The van der Waals surface area contributed by atoms with E-state index in [1.54, 1.807) is 30.3 Å². The molecule has 0 atom stereocenters. The predicted molar refractivity (Wildman–Crippen MR) is 120 cm³/mol. The molecule has 1 aliphatic rings. The standard InChI is InChI=1S/C24H24N2O5S/c1-17-5-2-3-6-19(17)11-12-25-24(27)20-7-4-8-21(14-20)32(28,29)26-15-18-9-10-22-23(13-18)31-16-30-22/h2-10,13-14,26H,11-12,15-16H2,1H3,(H,25,27). The molecule has 1 aliphatic heterocycles. The summed E-state index contributed by atoms with van der Waals surface area (Å²) in [6.45, 7) is 2.74. The van der Waals surface area contributed by atoms with E-state index in [9.17, 15) is 13.2 Å². The maximum Gasteiger partial charge on any atom is 0.251 e. The normalized spacial score (nSPS) is 12.5. The molecule has 0 saturated heterocycles. The second-order valence-corrected chi connectivity index (χ2v) is 9.24. The third kappa shape index (κ3) is 5.09. The monoisotopic (exact) mass is 452 g/mol. The summed E-state index contributed by atoms with van der Waals surface area (Å²) in [7, 11) is -3.80. The SMILES string of the molecule is Cc1ccccc1CCNC(=O)c1cccc(S(=O)(=O)NCc2ccc3c(c2)OCO3)c1. The molecule has 0 fully saturated rings. The lowest BCUT2D eigenvalue weighted by Crippen LogP contribution is -2.27. The summed E-state index contributed by atoms with van der Waals surface area (Å²) in [6.07, 6.45) is 0.702. The van der Waals surface area contributed by atoms with E-state index in [1.165, 1.54) is 17.7 Å². The van der Waals surface area contributed by atoms with Gasteiger partial charge >= 0.3 is 0 Å². The maximum absolute atomic E-state index is 12.8. The highest BCUT2D eigenvalue weighted by molar-refractivity contribution is 7.89. The van der Waals surface area contributed by atoms with Crippen molar-refractivity contribution in [3.63, 3.8) is 0 Å². The number of aryl methyl sites for hydroxylation is 1. The van der Waals surface area contributed by atoms with Gasteiger partial charge in [0.25, 0.3) is 5.91 Å². The van der Waals surface area contributed by atoms with E-state index in [2.05, 4.69) is 10.0 Å². The molecular weight excluding hydrogens is 428 g/mol. The summed E-state index contributed by atoms with van der Waals surface area (Å²) in [6, 6.07) is 19.3. The van der Waals surface area contributed by atoms with E-state index in [0.29, 0.717) is 30.0 Å². The van der Waals surface area contributed by atoms with E-state index in [-0.39, 0.29) is 24.1 Å². The van der Waals surface area contributed by atoms with Crippen LogP contribution in [-0.2, 0) is 23.0 Å². The van der Waals surface area contributed by atoms with Crippen molar-refractivity contribution < 1.29 is 22.7 Å². The second kappa shape index (κ2) is 9.42. The Bertz CT molecular complexity index is 1240. The van der Waals surface area contributed by atoms with Gasteiger partial charge in [-0.3, -0.25) is 4.79 Å². The third-order valence-corrected chi connectivity index (χ3v) is 6.65. The number of carbonyl (C=O) groups excluding carboxylic acids is 1. The van der Waals surface area contributed by atoms with Gasteiger partial charge in [-0.15, -0.1) is 0 Å². The van der Waals surface area contributed by atoms with Crippen LogP contribution in [0.5, 0.6) is 11.5 Å². The minimum atomic E-state index is -3.80. The molecule has 1 amide bonds. The number of hydrogen-bond acceptors (Lipinski definition) is 5. The smallest absolute Gasteiger partial charge is 0.251 e. The Balaban J connectivity index is 1.37. The Morgan fingerprint density at radius 2 is 1.78 bits per heavy atom. The van der Waals surface area contributed by atoms with Gasteiger partial charge in [0.05, 0.1) is 4.90 Å². The van der Waals surface area contributed by atoms with E-state index >= 15 is 0 Å². The molecule has 32 heavy (non-hydrogen) atoms. The first-order valence-corrected chi connectivity index (χ1v) is 11.7. The van der Waals surface area contributed by atoms with Crippen LogP contribution in [0, 0.1) is 6.92 Å². The summed E-state index contributed by atoms with van der Waals surface area (Å²) in [5.41, 5.74) is 3.36. The molecule has 0 spiro atoms. The van der Waals surface area contributed by atoms with Crippen molar-refractivity contribution in [2.24, 2.45) is 0 Å². The number of hydrogen-bond donors (Lipinski definition) is 2. The fourth-order valence-corrected chi connectivity index (χ4v) is 4.48. The van der Waals surface area contributed by atoms with E-state index < -0.39 is 10.0 Å². The van der Waals surface area contributed by atoms with Crippen LogP contribution >= 0.6 is 0 Å². The molecule has 1 heterocycles. The van der Waals surface area contributed by atoms with Crippen molar-refractivity contribution in [3.8, 4) is 11.5 Å². The Labute approximate surface area is 187 Å². The third-order valence-electron chi connectivity index (χ3n) is 5.25. The summed E-state index contributed by atoms with van der Waals surface area (Å²) in [4.78, 5) is 12.6. The number of amides is 1. The first-order chi connectivity index (χ1) is 15.4. The lowest BCUT2D eigenvalue weighted by molar-refractivity contribution is 0.0954. The summed E-state index contributed by atoms with van der Waals surface area (Å²) in [5.74, 6) is 0.912. The molecule has 0 saturated carbocycles. The highest BCUT2D eigenvalue weighted by Crippen LogP contribution is 2.32. The molecule has 3 aromatic rings. The molecular formula is C24H24N2O5S. The highest BCUT2D eigenvalue weighted by Gasteiger charge is 2.18. The Hall–Kier alpha value is -3.36. The first kappa shape index (κ1) is 21.9. The average molecular weight is 453 g/mol. The number of benzene rings is 3. The van der Waals surface area contributed by atoms with Gasteiger partial charge in [-0.2, -0.15) is 0 Å². The molecule has 7 nitrogen and oxygen atoms in total. The van der Waals surface area contributed by atoms with Crippen LogP contribution in [0.2, 0.25) is 0 Å². The van der Waals surface area contributed by atoms with Crippen LogP contribution in [0.25, 0.3) is 0 Å². The predicted octanol–water partition coefficient (Wildman–Crippen LogP) is 3.17. The zero-order valence-electron chi connectivity index (χ0n) is 17.6. The van der Waals surface area contributed by atoms with Gasteiger partial charge in [0, 0.05) is 18.7 Å². The fraction of sp³-hybridized carbons (Fsp3) is 0.208. The Morgan fingerprint density at radius 3 is 2.62 bits per heavy atom. The number of fused-ring (bicyclic) bond motifs is 1. The van der Waals surface area contributed by atoms with Crippen molar-refractivity contribution in [1.82, 2.24) is 10.0 Å². The Kier molecular flexibility index (Phi) is 6.43. The highest BCUT2D eigenvalue weighted by atomic mass is 32.2. The molecule has 4 rings (SSSR count). The van der Waals surface area contributed by atoms with Gasteiger partial charge in [0.1, 0.15) is 0 Å². The molecule has 0 aromatic heterocycles. The second-order valence-electron chi connectivity index (χ2n) is 7.47. The minimum Gasteiger partial charge on any atom is -0.454 e. The van der Waals surface area contributed by atoms with Crippen LogP contribution in [0.4, 0.5) is 0 Å². The Morgan fingerprint density at radius 1 is 0.969 bits per heavy atom. The molecule has 8 heteroatoms. The number of sulfonamides is 1. The number of carbonyl (C=O) groups is 1. The van der Waals surface area contributed by atoms with E-state index in [1.807, 2.05) is 31.2 Å². The van der Waals surface area contributed by atoms with Gasteiger partial charge in [-0.25, -0.2) is 13.1 Å². The van der Waals surface area contributed by atoms with Gasteiger partial charge < -0.3 is 14.8 Å². The van der Waals surface area contributed by atoms with Crippen molar-refractivity contribution in [2.45, 2.75) is 24.8 Å². The van der Waals surface area contributed by atoms with E-state index in [0.717, 1.165) is 11.1 Å². The fourth-order valence-electron chi connectivity index (χ4n) is 3.42. The lowest BCUT2D eigenvalue weighted by Gasteiger charge is -2.10. The van der Waals surface area contributed by atoms with Crippen LogP contribution in [0.3, 0.4) is 0 Å². The molecule has 3 aromatic carbocycles. The number of rotatable bonds is 8. The summed E-state index contributed by atoms with van der Waals surface area (Å²) < 4.78 is 38.7. The summed E-state index contributed by atoms with van der Waals surface area (Å²) in [5, 5.41) is 2.86. The van der Waals surface area contributed by atoms with Crippen molar-refractivity contribution >= 4 is 15.9 Å². The topological polar surface area (TPSA) is 93.7 Å². The van der Waals surface area contributed by atoms with E-state index in [4.69, 9.17) is 9.47 Å². The van der Waals surface area contributed by atoms with Gasteiger partial charge in [-0.1, -0.05) is 36.4 Å². The number of ether oxygens (including phenoxy) is 2. The molecule has 166 valence electrons. The maximum atomic E-state index is 12.8. The molecule has 2 N–H and O–H groups in total. The first-order valence-electron chi connectivity index (χ1n) is 10.2. The van der Waals surface area contributed by atoms with Gasteiger partial charge in [0.15, 0.2) is 11.5 Å². The van der Waals surface area contributed by atoms with Gasteiger partial charge in [-0.05, 0) is 60.4 Å². The van der Waals surface area contributed by atoms with Crippen molar-refractivity contribution in [1.29, 1.82) is 0 Å². The zero-order chi connectivity index (χ0) is 22.6. The van der Waals surface area contributed by atoms with Crippen molar-refractivity contribution in [3.05, 3.63) is 89.0 Å². The minimum absolute atomic E-state index is 0.0322. The van der Waals surface area contributed by atoms with Crippen molar-refractivity contribution in [2.75, 3.05) is 13.3 Å². The quantitative estimate of drug-likeness (QED) is 0.548. The molecule has 0 aliphatic carbocycles. The van der Waals surface area contributed by atoms with Crippen LogP contribution in [0.1, 0.15) is 27.0 Å². The molecule has 0 radical (unpaired) electrons.